The molecule has 0 amide bonds. The highest BCUT2D eigenvalue weighted by Gasteiger charge is 2.43. The minimum atomic E-state index is -1.12. The van der Waals surface area contributed by atoms with E-state index in [4.69, 9.17) is 25.8 Å². The Morgan fingerprint density at radius 3 is 2.64 bits per heavy atom. The minimum Gasteiger partial charge on any atom is -0.464 e. The Kier molecular flexibility index (Phi) is 3.81. The molecule has 22 heavy (non-hydrogen) atoms. The van der Waals surface area contributed by atoms with Gasteiger partial charge in [0.1, 0.15) is 11.4 Å². The van der Waals surface area contributed by atoms with Crippen molar-refractivity contribution in [2.75, 3.05) is 7.11 Å². The molecule has 0 unspecified atom stereocenters. The molecule has 5 heteroatoms. The highest BCUT2D eigenvalue weighted by Crippen LogP contribution is 2.44. The van der Waals surface area contributed by atoms with E-state index in [9.17, 15) is 4.79 Å². The van der Waals surface area contributed by atoms with Crippen molar-refractivity contribution in [3.05, 3.63) is 64.7 Å². The lowest BCUT2D eigenvalue weighted by Crippen LogP contribution is -2.44. The Balaban J connectivity index is 2.15. The summed E-state index contributed by atoms with van der Waals surface area (Å²) >= 11 is 6.11. The van der Waals surface area contributed by atoms with Crippen molar-refractivity contribution in [1.29, 1.82) is 0 Å². The SMILES string of the molecule is COC(=O)[C@H]1Oc2ccc(Cl)cc2[C@](C)(c2ccccc2)O1. The molecule has 3 rings (SSSR count). The zero-order valence-corrected chi connectivity index (χ0v) is 13.0. The summed E-state index contributed by atoms with van der Waals surface area (Å²) in [5.74, 6) is -0.0276. The van der Waals surface area contributed by atoms with Crippen LogP contribution in [0.4, 0.5) is 0 Å². The lowest BCUT2D eigenvalue weighted by molar-refractivity contribution is -0.203. The van der Waals surface area contributed by atoms with Crippen LogP contribution in [-0.4, -0.2) is 19.4 Å². The Morgan fingerprint density at radius 1 is 1.23 bits per heavy atom. The van der Waals surface area contributed by atoms with Crippen molar-refractivity contribution in [3.8, 4) is 5.75 Å². The maximum Gasteiger partial charge on any atom is 0.376 e. The van der Waals surface area contributed by atoms with E-state index in [1.165, 1.54) is 7.11 Å². The number of hydrogen-bond acceptors (Lipinski definition) is 4. The second-order valence-corrected chi connectivity index (χ2v) is 5.57. The molecule has 0 saturated heterocycles. The van der Waals surface area contributed by atoms with E-state index in [0.29, 0.717) is 10.8 Å². The molecule has 0 N–H and O–H groups in total. The molecule has 0 saturated carbocycles. The Morgan fingerprint density at radius 2 is 1.95 bits per heavy atom. The quantitative estimate of drug-likeness (QED) is 0.795. The topological polar surface area (TPSA) is 44.8 Å². The van der Waals surface area contributed by atoms with Crippen LogP contribution in [0.2, 0.25) is 5.02 Å². The molecule has 0 aromatic heterocycles. The van der Waals surface area contributed by atoms with Crippen LogP contribution in [0.25, 0.3) is 0 Å². The van der Waals surface area contributed by atoms with Crippen LogP contribution in [0.3, 0.4) is 0 Å². The number of benzene rings is 2. The van der Waals surface area contributed by atoms with Crippen molar-refractivity contribution >= 4 is 17.6 Å². The standard InChI is InChI=1S/C17H15ClO4/c1-17(11-6-4-3-5-7-11)13-10-12(18)8-9-14(13)21-16(22-17)15(19)20-2/h3-10,16H,1-2H3/t16-,17-/m0/s1. The maximum absolute atomic E-state index is 11.9. The third-order valence-corrected chi connectivity index (χ3v) is 3.99. The van der Waals surface area contributed by atoms with Crippen molar-refractivity contribution < 1.29 is 19.0 Å². The van der Waals surface area contributed by atoms with Gasteiger partial charge in [0.15, 0.2) is 0 Å². The van der Waals surface area contributed by atoms with Gasteiger partial charge in [0.25, 0.3) is 0 Å². The Hall–Kier alpha value is -2.04. The second kappa shape index (κ2) is 5.63. The molecule has 2 aromatic carbocycles. The number of carbonyl (C=O) groups is 1. The summed E-state index contributed by atoms with van der Waals surface area (Å²) in [5.41, 5.74) is 0.806. The highest BCUT2D eigenvalue weighted by molar-refractivity contribution is 6.30. The van der Waals surface area contributed by atoms with E-state index in [1.807, 2.05) is 37.3 Å². The van der Waals surface area contributed by atoms with Gasteiger partial charge in [-0.2, -0.15) is 0 Å². The van der Waals surface area contributed by atoms with Crippen molar-refractivity contribution in [2.45, 2.75) is 18.8 Å². The van der Waals surface area contributed by atoms with E-state index in [2.05, 4.69) is 0 Å². The Bertz CT molecular complexity index is 701. The smallest absolute Gasteiger partial charge is 0.376 e. The summed E-state index contributed by atoms with van der Waals surface area (Å²) < 4.78 is 16.3. The number of methoxy groups -OCH3 is 1. The fourth-order valence-electron chi connectivity index (χ4n) is 2.57. The third kappa shape index (κ3) is 2.45. The average Bonchev–Trinajstić information content (AvgIpc) is 2.55. The van der Waals surface area contributed by atoms with Crippen LogP contribution >= 0.6 is 11.6 Å². The van der Waals surface area contributed by atoms with E-state index in [1.54, 1.807) is 18.2 Å². The van der Waals surface area contributed by atoms with Gasteiger partial charge < -0.3 is 14.2 Å². The number of ether oxygens (including phenoxy) is 3. The van der Waals surface area contributed by atoms with Crippen LogP contribution in [0, 0.1) is 0 Å². The molecule has 2 atom stereocenters. The number of halogens is 1. The number of fused-ring (bicyclic) bond motifs is 1. The molecule has 0 radical (unpaired) electrons. The summed E-state index contributed by atoms with van der Waals surface area (Å²) in [7, 11) is 1.30. The summed E-state index contributed by atoms with van der Waals surface area (Å²) in [6.07, 6.45) is -1.12. The second-order valence-electron chi connectivity index (χ2n) is 5.13. The van der Waals surface area contributed by atoms with Gasteiger partial charge in [-0.15, -0.1) is 0 Å². The zero-order chi connectivity index (χ0) is 15.7. The molecule has 1 aliphatic heterocycles. The van der Waals surface area contributed by atoms with E-state index < -0.39 is 17.9 Å². The number of hydrogen-bond donors (Lipinski definition) is 0. The molecule has 4 nitrogen and oxygen atoms in total. The van der Waals surface area contributed by atoms with Crippen LogP contribution in [0.1, 0.15) is 18.1 Å². The van der Waals surface area contributed by atoms with E-state index in [0.717, 1.165) is 11.1 Å². The van der Waals surface area contributed by atoms with Gasteiger partial charge >= 0.3 is 12.3 Å². The van der Waals surface area contributed by atoms with Crippen LogP contribution in [-0.2, 0) is 19.9 Å². The summed E-state index contributed by atoms with van der Waals surface area (Å²) in [6, 6.07) is 14.9. The average molecular weight is 319 g/mol. The predicted molar refractivity (Wildman–Crippen MR) is 81.9 cm³/mol. The van der Waals surface area contributed by atoms with Gasteiger partial charge in [-0.05, 0) is 30.7 Å². The number of rotatable bonds is 2. The van der Waals surface area contributed by atoms with Gasteiger partial charge in [0, 0.05) is 10.6 Å². The first-order valence-corrected chi connectivity index (χ1v) is 7.20. The summed E-state index contributed by atoms with van der Waals surface area (Å²) in [6.45, 7) is 1.88. The first kappa shape index (κ1) is 14.9. The molecular formula is C17H15ClO4. The van der Waals surface area contributed by atoms with E-state index >= 15 is 0 Å². The Labute approximate surface area is 133 Å². The largest absolute Gasteiger partial charge is 0.464 e. The van der Waals surface area contributed by atoms with Gasteiger partial charge in [-0.1, -0.05) is 41.9 Å². The van der Waals surface area contributed by atoms with Crippen molar-refractivity contribution in [2.24, 2.45) is 0 Å². The highest BCUT2D eigenvalue weighted by atomic mass is 35.5. The monoisotopic (exact) mass is 318 g/mol. The van der Waals surface area contributed by atoms with Gasteiger partial charge in [0.2, 0.25) is 0 Å². The normalized spacial score (nSPS) is 23.3. The van der Waals surface area contributed by atoms with Gasteiger partial charge in [-0.25, -0.2) is 4.79 Å². The minimum absolute atomic E-state index is 0.553. The van der Waals surface area contributed by atoms with Gasteiger partial charge in [-0.3, -0.25) is 0 Å². The number of carbonyl (C=O) groups excluding carboxylic acids is 1. The molecular weight excluding hydrogens is 304 g/mol. The molecule has 0 bridgehead atoms. The van der Waals surface area contributed by atoms with Crippen molar-refractivity contribution in [1.82, 2.24) is 0 Å². The predicted octanol–water partition coefficient (Wildman–Crippen LogP) is 3.51. The number of esters is 1. The summed E-state index contributed by atoms with van der Waals surface area (Å²) in [5, 5.41) is 0.574. The van der Waals surface area contributed by atoms with Crippen molar-refractivity contribution in [3.63, 3.8) is 0 Å². The van der Waals surface area contributed by atoms with Gasteiger partial charge in [0.05, 0.1) is 7.11 Å². The molecule has 114 valence electrons. The van der Waals surface area contributed by atoms with Crippen LogP contribution in [0.15, 0.2) is 48.5 Å². The first-order valence-electron chi connectivity index (χ1n) is 6.82. The molecule has 0 spiro atoms. The molecule has 0 aliphatic carbocycles. The van der Waals surface area contributed by atoms with Crippen LogP contribution in [0.5, 0.6) is 5.75 Å². The fraction of sp³-hybridized carbons (Fsp3) is 0.235. The summed E-state index contributed by atoms with van der Waals surface area (Å²) in [4.78, 5) is 11.9. The lowest BCUT2D eigenvalue weighted by Gasteiger charge is -2.39. The lowest BCUT2D eigenvalue weighted by atomic mass is 9.86. The van der Waals surface area contributed by atoms with Crippen LogP contribution < -0.4 is 4.74 Å². The maximum atomic E-state index is 11.9. The molecule has 1 heterocycles. The van der Waals surface area contributed by atoms with E-state index in [-0.39, 0.29) is 0 Å². The fourth-order valence-corrected chi connectivity index (χ4v) is 2.74. The third-order valence-electron chi connectivity index (χ3n) is 3.75. The molecule has 0 fully saturated rings. The molecule has 1 aliphatic rings. The molecule has 2 aromatic rings. The first-order chi connectivity index (χ1) is 10.5. The zero-order valence-electron chi connectivity index (χ0n) is 12.2.